The summed E-state index contributed by atoms with van der Waals surface area (Å²) in [5, 5.41) is 4.71. The number of hydrogen-bond acceptors (Lipinski definition) is 2. The SMILES string of the molecule is c1ccc(-c2ccc(N(c3ccccc3)c3cccc(-n4c5ccccc5c5c(-c6ccccc6)c6c(cc54)oc4ccccc46)c3)cc2)cc1. The van der Waals surface area contributed by atoms with E-state index in [4.69, 9.17) is 4.42 Å². The molecule has 0 unspecified atom stereocenters. The summed E-state index contributed by atoms with van der Waals surface area (Å²) in [6.07, 6.45) is 0. The maximum Gasteiger partial charge on any atom is 0.138 e. The Bertz CT molecular complexity index is 2830. The summed E-state index contributed by atoms with van der Waals surface area (Å²) in [5.74, 6) is 0. The highest BCUT2D eigenvalue weighted by molar-refractivity contribution is 6.27. The second-order valence-electron chi connectivity index (χ2n) is 12.9. The van der Waals surface area contributed by atoms with Crippen molar-refractivity contribution in [2.45, 2.75) is 0 Å². The van der Waals surface area contributed by atoms with Gasteiger partial charge in [0.1, 0.15) is 11.2 Å². The number of nitrogens with zero attached hydrogens (tertiary/aromatic N) is 2. The molecule has 240 valence electrons. The normalized spacial score (nSPS) is 11.5. The Balaban J connectivity index is 1.22. The Kier molecular flexibility index (Phi) is 6.81. The van der Waals surface area contributed by atoms with Crippen LogP contribution in [0.25, 0.3) is 71.7 Å². The molecule has 0 aliphatic heterocycles. The van der Waals surface area contributed by atoms with E-state index in [1.165, 1.54) is 33.0 Å². The number of benzene rings is 8. The summed E-state index contributed by atoms with van der Waals surface area (Å²) in [4.78, 5) is 2.33. The molecule has 0 saturated heterocycles. The molecule has 0 amide bonds. The zero-order valence-electron chi connectivity index (χ0n) is 27.8. The molecule has 10 aromatic rings. The highest BCUT2D eigenvalue weighted by atomic mass is 16.3. The molecule has 8 aromatic carbocycles. The molecule has 3 heteroatoms. The van der Waals surface area contributed by atoms with Crippen LogP contribution >= 0.6 is 0 Å². The molecular weight excluding hydrogens is 621 g/mol. The molecule has 0 atom stereocenters. The maximum absolute atomic E-state index is 6.61. The van der Waals surface area contributed by atoms with Gasteiger partial charge < -0.3 is 13.9 Å². The van der Waals surface area contributed by atoms with E-state index in [0.717, 1.165) is 55.7 Å². The molecule has 0 saturated carbocycles. The van der Waals surface area contributed by atoms with Crippen LogP contribution in [-0.4, -0.2) is 4.57 Å². The van der Waals surface area contributed by atoms with Gasteiger partial charge in [-0.1, -0.05) is 133 Å². The van der Waals surface area contributed by atoms with Crippen molar-refractivity contribution in [2.24, 2.45) is 0 Å². The van der Waals surface area contributed by atoms with Crippen molar-refractivity contribution in [3.8, 4) is 27.9 Å². The van der Waals surface area contributed by atoms with Crippen LogP contribution in [0, 0.1) is 0 Å². The Hall–Kier alpha value is -6.84. The summed E-state index contributed by atoms with van der Waals surface area (Å²) >= 11 is 0. The van der Waals surface area contributed by atoms with E-state index in [-0.39, 0.29) is 0 Å². The average molecular weight is 653 g/mol. The fourth-order valence-corrected chi connectivity index (χ4v) is 7.73. The Labute approximate surface area is 295 Å². The molecule has 3 nitrogen and oxygen atoms in total. The second-order valence-corrected chi connectivity index (χ2v) is 12.9. The first kappa shape index (κ1) is 29.1. The van der Waals surface area contributed by atoms with Gasteiger partial charge in [-0.3, -0.25) is 0 Å². The van der Waals surface area contributed by atoms with E-state index in [1.54, 1.807) is 0 Å². The van der Waals surface area contributed by atoms with Crippen LogP contribution < -0.4 is 4.90 Å². The van der Waals surface area contributed by atoms with Crippen molar-refractivity contribution >= 4 is 60.8 Å². The minimum absolute atomic E-state index is 0.882. The first-order valence-corrected chi connectivity index (χ1v) is 17.4. The third-order valence-electron chi connectivity index (χ3n) is 9.96. The maximum atomic E-state index is 6.61. The molecule has 2 heterocycles. The van der Waals surface area contributed by atoms with Gasteiger partial charge in [-0.15, -0.1) is 0 Å². The fraction of sp³-hybridized carbons (Fsp3) is 0. The van der Waals surface area contributed by atoms with Crippen molar-refractivity contribution in [3.05, 3.63) is 194 Å². The summed E-state index contributed by atoms with van der Waals surface area (Å²) in [6, 6.07) is 69.0. The number of furan rings is 1. The highest BCUT2D eigenvalue weighted by Crippen LogP contribution is 2.46. The molecule has 0 aliphatic carbocycles. The zero-order valence-corrected chi connectivity index (χ0v) is 27.8. The highest BCUT2D eigenvalue weighted by Gasteiger charge is 2.23. The third-order valence-corrected chi connectivity index (χ3v) is 9.96. The van der Waals surface area contributed by atoms with Gasteiger partial charge >= 0.3 is 0 Å². The minimum Gasteiger partial charge on any atom is -0.456 e. The van der Waals surface area contributed by atoms with Crippen molar-refractivity contribution < 1.29 is 4.42 Å². The number of para-hydroxylation sites is 3. The molecular formula is C48H32N2O. The van der Waals surface area contributed by atoms with Crippen molar-refractivity contribution in [2.75, 3.05) is 4.90 Å². The van der Waals surface area contributed by atoms with Crippen LogP contribution in [0.1, 0.15) is 0 Å². The third kappa shape index (κ3) is 4.82. The van der Waals surface area contributed by atoms with Crippen molar-refractivity contribution in [3.63, 3.8) is 0 Å². The van der Waals surface area contributed by atoms with E-state index in [9.17, 15) is 0 Å². The van der Waals surface area contributed by atoms with Gasteiger partial charge in [0.2, 0.25) is 0 Å². The predicted molar refractivity (Wildman–Crippen MR) is 214 cm³/mol. The molecule has 0 spiro atoms. The summed E-state index contributed by atoms with van der Waals surface area (Å²) in [5.41, 5.74) is 13.1. The number of anilines is 3. The van der Waals surface area contributed by atoms with Crippen LogP contribution in [0.4, 0.5) is 17.1 Å². The Morgan fingerprint density at radius 3 is 1.73 bits per heavy atom. The van der Waals surface area contributed by atoms with E-state index < -0.39 is 0 Å². The quantitative estimate of drug-likeness (QED) is 0.178. The smallest absolute Gasteiger partial charge is 0.138 e. The summed E-state index contributed by atoms with van der Waals surface area (Å²) in [7, 11) is 0. The topological polar surface area (TPSA) is 21.3 Å². The Morgan fingerprint density at radius 2 is 0.961 bits per heavy atom. The lowest BCUT2D eigenvalue weighted by Gasteiger charge is -2.26. The van der Waals surface area contributed by atoms with Crippen LogP contribution in [0.3, 0.4) is 0 Å². The molecule has 51 heavy (non-hydrogen) atoms. The van der Waals surface area contributed by atoms with Crippen LogP contribution in [-0.2, 0) is 0 Å². The van der Waals surface area contributed by atoms with Gasteiger partial charge in [0, 0.05) is 55.9 Å². The van der Waals surface area contributed by atoms with Gasteiger partial charge in [-0.05, 0) is 71.3 Å². The largest absolute Gasteiger partial charge is 0.456 e. The molecule has 10 rings (SSSR count). The van der Waals surface area contributed by atoms with Crippen LogP contribution in [0.15, 0.2) is 199 Å². The van der Waals surface area contributed by atoms with E-state index in [0.29, 0.717) is 0 Å². The van der Waals surface area contributed by atoms with Crippen molar-refractivity contribution in [1.82, 2.24) is 4.57 Å². The number of aromatic nitrogens is 1. The first-order valence-electron chi connectivity index (χ1n) is 17.4. The number of fused-ring (bicyclic) bond motifs is 6. The Morgan fingerprint density at radius 1 is 0.373 bits per heavy atom. The number of rotatable bonds is 6. The summed E-state index contributed by atoms with van der Waals surface area (Å²) in [6.45, 7) is 0. The standard InChI is InChI=1S/C48H32N2O/c1-4-15-33(16-5-1)34-27-29-37(30-28-34)49(36-19-8-3-9-20-36)38-21-14-22-39(31-38)50-42-25-12-10-23-40(42)47-43(50)32-45-48(41-24-11-13-26-44(41)51-45)46(47)35-17-6-2-7-18-35/h1-32H. The second kappa shape index (κ2) is 11.9. The van der Waals surface area contributed by atoms with Crippen LogP contribution in [0.5, 0.6) is 0 Å². The van der Waals surface area contributed by atoms with E-state index in [1.807, 2.05) is 6.07 Å². The average Bonchev–Trinajstić information content (AvgIpc) is 3.74. The van der Waals surface area contributed by atoms with E-state index >= 15 is 0 Å². The van der Waals surface area contributed by atoms with Crippen LogP contribution in [0.2, 0.25) is 0 Å². The monoisotopic (exact) mass is 652 g/mol. The lowest BCUT2D eigenvalue weighted by atomic mass is 9.94. The zero-order chi connectivity index (χ0) is 33.7. The lowest BCUT2D eigenvalue weighted by Crippen LogP contribution is -2.10. The number of hydrogen-bond donors (Lipinski definition) is 0. The minimum atomic E-state index is 0.882. The molecule has 0 N–H and O–H groups in total. The molecule has 0 aliphatic rings. The lowest BCUT2D eigenvalue weighted by molar-refractivity contribution is 0.669. The first-order chi connectivity index (χ1) is 25.3. The van der Waals surface area contributed by atoms with E-state index in [2.05, 4.69) is 198 Å². The molecule has 0 bridgehead atoms. The molecule has 0 fully saturated rings. The summed E-state index contributed by atoms with van der Waals surface area (Å²) < 4.78 is 9.00. The van der Waals surface area contributed by atoms with Gasteiger partial charge in [0.15, 0.2) is 0 Å². The van der Waals surface area contributed by atoms with Gasteiger partial charge in [0.05, 0.1) is 11.0 Å². The fourth-order valence-electron chi connectivity index (χ4n) is 7.73. The molecule has 2 aromatic heterocycles. The van der Waals surface area contributed by atoms with Gasteiger partial charge in [-0.25, -0.2) is 0 Å². The van der Waals surface area contributed by atoms with Gasteiger partial charge in [0.25, 0.3) is 0 Å². The molecule has 0 radical (unpaired) electrons. The van der Waals surface area contributed by atoms with Gasteiger partial charge in [-0.2, -0.15) is 0 Å². The predicted octanol–water partition coefficient (Wildman–Crippen LogP) is 13.5. The van der Waals surface area contributed by atoms with Crippen molar-refractivity contribution in [1.29, 1.82) is 0 Å².